The molecular formula is C14H20ClNO2. The van der Waals surface area contributed by atoms with E-state index in [0.29, 0.717) is 12.3 Å². The van der Waals surface area contributed by atoms with Crippen LogP contribution in [0.5, 0.6) is 5.75 Å². The van der Waals surface area contributed by atoms with Crippen molar-refractivity contribution in [2.45, 2.75) is 39.3 Å². The number of halogens is 1. The van der Waals surface area contributed by atoms with Crippen LogP contribution in [0.15, 0.2) is 24.3 Å². The van der Waals surface area contributed by atoms with Crippen molar-refractivity contribution in [1.29, 1.82) is 0 Å². The van der Waals surface area contributed by atoms with Crippen LogP contribution >= 0.6 is 11.6 Å². The monoisotopic (exact) mass is 269 g/mol. The van der Waals surface area contributed by atoms with Gasteiger partial charge in [-0.2, -0.15) is 0 Å². The second kappa shape index (κ2) is 7.27. The number of carbonyl (C=O) groups excluding carboxylic acids is 1. The summed E-state index contributed by atoms with van der Waals surface area (Å²) in [5, 5.41) is 2.91. The molecule has 0 aliphatic carbocycles. The van der Waals surface area contributed by atoms with Gasteiger partial charge in [-0.05, 0) is 26.8 Å². The molecule has 0 spiro atoms. The number of benzene rings is 1. The van der Waals surface area contributed by atoms with E-state index in [-0.39, 0.29) is 18.1 Å². The molecule has 0 heterocycles. The Hall–Kier alpha value is -1.22. The summed E-state index contributed by atoms with van der Waals surface area (Å²) in [6.07, 6.45) is 0.441. The van der Waals surface area contributed by atoms with E-state index < -0.39 is 0 Å². The molecule has 3 nitrogen and oxygen atoms in total. The molecule has 0 fully saturated rings. The second-order valence-electron chi connectivity index (χ2n) is 4.43. The molecule has 0 bridgehead atoms. The summed E-state index contributed by atoms with van der Waals surface area (Å²) in [6.45, 7) is 5.90. The number of amides is 1. The van der Waals surface area contributed by atoms with Crippen LogP contribution in [-0.2, 0) is 4.79 Å². The Morgan fingerprint density at radius 2 is 2.00 bits per heavy atom. The van der Waals surface area contributed by atoms with Gasteiger partial charge in [-0.15, -0.1) is 11.6 Å². The molecule has 0 saturated carbocycles. The molecule has 4 heteroatoms. The zero-order valence-corrected chi connectivity index (χ0v) is 11.8. The maximum Gasteiger partial charge on any atom is 0.221 e. The summed E-state index contributed by atoms with van der Waals surface area (Å²) in [4.78, 5) is 11.5. The zero-order chi connectivity index (χ0) is 13.5. The summed E-state index contributed by atoms with van der Waals surface area (Å²) >= 11 is 5.54. The van der Waals surface area contributed by atoms with Gasteiger partial charge in [0.25, 0.3) is 0 Å². The maximum absolute atomic E-state index is 11.5. The lowest BCUT2D eigenvalue weighted by Crippen LogP contribution is -2.27. The average molecular weight is 270 g/mol. The van der Waals surface area contributed by atoms with Crippen LogP contribution in [0.4, 0.5) is 0 Å². The molecule has 1 rings (SSSR count). The van der Waals surface area contributed by atoms with E-state index in [1.807, 2.05) is 45.0 Å². The highest BCUT2D eigenvalue weighted by atomic mass is 35.5. The molecule has 1 unspecified atom stereocenters. The van der Waals surface area contributed by atoms with Crippen LogP contribution in [0.1, 0.15) is 38.8 Å². The Morgan fingerprint density at radius 3 is 2.61 bits per heavy atom. The number of alkyl halides is 1. The number of para-hydroxylation sites is 1. The Kier molecular flexibility index (Phi) is 5.99. The van der Waals surface area contributed by atoms with Crippen LogP contribution in [0, 0.1) is 0 Å². The summed E-state index contributed by atoms with van der Waals surface area (Å²) in [6, 6.07) is 7.65. The van der Waals surface area contributed by atoms with Crippen molar-refractivity contribution in [3.8, 4) is 5.75 Å². The molecule has 0 saturated heterocycles. The minimum absolute atomic E-state index is 0.0446. The average Bonchev–Trinajstić information content (AvgIpc) is 2.28. The smallest absolute Gasteiger partial charge is 0.221 e. The topological polar surface area (TPSA) is 38.3 Å². The van der Waals surface area contributed by atoms with Crippen molar-refractivity contribution >= 4 is 17.5 Å². The number of hydrogen-bond acceptors (Lipinski definition) is 2. The van der Waals surface area contributed by atoms with Crippen molar-refractivity contribution in [3.05, 3.63) is 29.8 Å². The molecular weight excluding hydrogens is 250 g/mol. The predicted molar refractivity (Wildman–Crippen MR) is 74.1 cm³/mol. The fourth-order valence-corrected chi connectivity index (χ4v) is 1.85. The highest BCUT2D eigenvalue weighted by Gasteiger charge is 2.14. The molecule has 0 aromatic heterocycles. The molecule has 1 atom stereocenters. The third-order valence-corrected chi connectivity index (χ3v) is 2.64. The maximum atomic E-state index is 11.5. The minimum Gasteiger partial charge on any atom is -0.491 e. The van der Waals surface area contributed by atoms with Crippen molar-refractivity contribution in [2.75, 3.05) is 5.88 Å². The Bertz CT molecular complexity index is 393. The largest absolute Gasteiger partial charge is 0.491 e. The van der Waals surface area contributed by atoms with Crippen molar-refractivity contribution < 1.29 is 9.53 Å². The van der Waals surface area contributed by atoms with Crippen LogP contribution in [0.25, 0.3) is 0 Å². The van der Waals surface area contributed by atoms with E-state index in [4.69, 9.17) is 16.3 Å². The van der Waals surface area contributed by atoms with Crippen molar-refractivity contribution in [2.24, 2.45) is 0 Å². The number of nitrogens with one attached hydrogen (secondary N) is 1. The van der Waals surface area contributed by atoms with Gasteiger partial charge in [-0.1, -0.05) is 18.2 Å². The van der Waals surface area contributed by atoms with Gasteiger partial charge in [-0.3, -0.25) is 4.79 Å². The first kappa shape index (κ1) is 14.8. The van der Waals surface area contributed by atoms with E-state index in [9.17, 15) is 4.79 Å². The molecule has 18 heavy (non-hydrogen) atoms. The number of ether oxygens (including phenoxy) is 1. The first-order valence-electron chi connectivity index (χ1n) is 6.15. The standard InChI is InChI=1S/C14H20ClNO2/c1-10(2)18-13-7-5-4-6-12(13)11(3)16-14(17)8-9-15/h4-7,10-11H,8-9H2,1-3H3,(H,16,17). The molecule has 0 radical (unpaired) electrons. The molecule has 1 amide bonds. The van der Waals surface area contributed by atoms with Gasteiger partial charge in [0.15, 0.2) is 0 Å². The summed E-state index contributed by atoms with van der Waals surface area (Å²) in [5.74, 6) is 1.10. The Morgan fingerprint density at radius 1 is 1.33 bits per heavy atom. The fourth-order valence-electron chi connectivity index (χ4n) is 1.68. The summed E-state index contributed by atoms with van der Waals surface area (Å²) < 4.78 is 5.73. The minimum atomic E-state index is -0.0873. The van der Waals surface area contributed by atoms with Gasteiger partial charge in [0, 0.05) is 17.9 Å². The summed E-state index contributed by atoms with van der Waals surface area (Å²) in [5.41, 5.74) is 0.981. The lowest BCUT2D eigenvalue weighted by molar-refractivity contribution is -0.121. The third-order valence-electron chi connectivity index (χ3n) is 2.45. The molecule has 1 N–H and O–H groups in total. The quantitative estimate of drug-likeness (QED) is 0.805. The molecule has 0 aliphatic heterocycles. The molecule has 100 valence electrons. The predicted octanol–water partition coefficient (Wildman–Crippen LogP) is 3.28. The highest BCUT2D eigenvalue weighted by Crippen LogP contribution is 2.25. The van der Waals surface area contributed by atoms with Gasteiger partial charge in [-0.25, -0.2) is 0 Å². The first-order chi connectivity index (χ1) is 8.54. The normalized spacial score (nSPS) is 12.3. The zero-order valence-electron chi connectivity index (χ0n) is 11.1. The van der Waals surface area contributed by atoms with Crippen LogP contribution in [0.3, 0.4) is 0 Å². The first-order valence-corrected chi connectivity index (χ1v) is 6.69. The van der Waals surface area contributed by atoms with E-state index >= 15 is 0 Å². The number of carbonyl (C=O) groups is 1. The van der Waals surface area contributed by atoms with Crippen molar-refractivity contribution in [3.63, 3.8) is 0 Å². The Labute approximate surface area is 113 Å². The lowest BCUT2D eigenvalue weighted by atomic mass is 10.1. The molecule has 1 aromatic rings. The van der Waals surface area contributed by atoms with Gasteiger partial charge < -0.3 is 10.1 Å². The number of hydrogen-bond donors (Lipinski definition) is 1. The third kappa shape index (κ3) is 4.57. The van der Waals surface area contributed by atoms with Gasteiger partial charge in [0.05, 0.1) is 12.1 Å². The highest BCUT2D eigenvalue weighted by molar-refractivity contribution is 6.18. The second-order valence-corrected chi connectivity index (χ2v) is 4.81. The SMILES string of the molecule is CC(C)Oc1ccccc1C(C)NC(=O)CCCl. The molecule has 0 aliphatic rings. The van der Waals surface area contributed by atoms with Crippen molar-refractivity contribution in [1.82, 2.24) is 5.32 Å². The van der Waals surface area contributed by atoms with E-state index in [2.05, 4.69) is 5.32 Å². The molecule has 1 aromatic carbocycles. The summed E-state index contributed by atoms with van der Waals surface area (Å²) in [7, 11) is 0. The Balaban J connectivity index is 2.78. The van der Waals surface area contributed by atoms with Crippen LogP contribution in [-0.4, -0.2) is 17.9 Å². The van der Waals surface area contributed by atoms with Gasteiger partial charge in [0.1, 0.15) is 5.75 Å². The van der Waals surface area contributed by atoms with Gasteiger partial charge >= 0.3 is 0 Å². The van der Waals surface area contributed by atoms with Crippen LogP contribution < -0.4 is 10.1 Å². The van der Waals surface area contributed by atoms with Crippen LogP contribution in [0.2, 0.25) is 0 Å². The lowest BCUT2D eigenvalue weighted by Gasteiger charge is -2.19. The van der Waals surface area contributed by atoms with E-state index in [0.717, 1.165) is 11.3 Å². The van der Waals surface area contributed by atoms with E-state index in [1.165, 1.54) is 0 Å². The number of rotatable bonds is 6. The van der Waals surface area contributed by atoms with Gasteiger partial charge in [0.2, 0.25) is 5.91 Å². The fraction of sp³-hybridized carbons (Fsp3) is 0.500. The van der Waals surface area contributed by atoms with E-state index in [1.54, 1.807) is 0 Å².